The van der Waals surface area contributed by atoms with Gasteiger partial charge in [-0.15, -0.1) is 11.3 Å². The second-order valence-electron chi connectivity index (χ2n) is 9.03. The van der Waals surface area contributed by atoms with Gasteiger partial charge in [0.15, 0.2) is 6.04 Å². The molecule has 0 saturated carbocycles. The van der Waals surface area contributed by atoms with Crippen molar-refractivity contribution in [1.29, 1.82) is 0 Å². The Kier molecular flexibility index (Phi) is 7.57. The van der Waals surface area contributed by atoms with Crippen LogP contribution in [0.1, 0.15) is 50.3 Å². The Bertz CT molecular complexity index is 950. The number of halogens is 6. The first kappa shape index (κ1) is 26.3. The molecule has 0 radical (unpaired) electrons. The van der Waals surface area contributed by atoms with Gasteiger partial charge in [-0.1, -0.05) is 0 Å². The maximum absolute atomic E-state index is 13.2. The van der Waals surface area contributed by atoms with Gasteiger partial charge >= 0.3 is 18.3 Å². The number of rotatable bonds is 5. The van der Waals surface area contributed by atoms with E-state index in [0.717, 1.165) is 5.00 Å². The Morgan fingerprint density at radius 3 is 2.18 bits per heavy atom. The van der Waals surface area contributed by atoms with E-state index in [2.05, 4.69) is 0 Å². The van der Waals surface area contributed by atoms with Crippen LogP contribution in [-0.2, 0) is 33.2 Å². The third-order valence-electron chi connectivity index (χ3n) is 5.12. The van der Waals surface area contributed by atoms with Crippen molar-refractivity contribution in [3.05, 3.63) is 52.4 Å². The summed E-state index contributed by atoms with van der Waals surface area (Å²) in [6, 6.07) is 4.10. The third kappa shape index (κ3) is 6.65. The average Bonchev–Trinajstić information content (AvgIpc) is 3.24. The summed E-state index contributed by atoms with van der Waals surface area (Å²) in [6.45, 7) is 5.14. The average molecular weight is 510 g/mol. The molecule has 2 aromatic rings. The molecule has 0 amide bonds. The summed E-state index contributed by atoms with van der Waals surface area (Å²) in [5.41, 5.74) is -3.89. The summed E-state index contributed by atoms with van der Waals surface area (Å²) < 4.78 is 90.5. The van der Waals surface area contributed by atoms with Crippen LogP contribution in [0.15, 0.2) is 35.7 Å². The zero-order valence-electron chi connectivity index (χ0n) is 18.8. The van der Waals surface area contributed by atoms with E-state index >= 15 is 0 Å². The van der Waals surface area contributed by atoms with Gasteiger partial charge in [0, 0.05) is 6.54 Å². The van der Waals surface area contributed by atoms with Crippen molar-refractivity contribution in [3.8, 4) is 0 Å². The van der Waals surface area contributed by atoms with Crippen LogP contribution in [0, 0.1) is 0 Å². The lowest BCUT2D eigenvalue weighted by atomic mass is 9.98. The Morgan fingerprint density at radius 2 is 1.68 bits per heavy atom. The molecule has 0 bridgehead atoms. The quantitative estimate of drug-likeness (QED) is 0.333. The number of ether oxygens (including phenoxy) is 2. The lowest BCUT2D eigenvalue weighted by Gasteiger charge is -2.41. The number of alkyl halides is 6. The van der Waals surface area contributed by atoms with Gasteiger partial charge in [-0.25, -0.2) is 4.79 Å². The summed E-state index contributed by atoms with van der Waals surface area (Å²) in [5, 5.41) is 2.63. The van der Waals surface area contributed by atoms with Gasteiger partial charge in [0.25, 0.3) is 0 Å². The van der Waals surface area contributed by atoms with Crippen LogP contribution in [-0.4, -0.2) is 30.3 Å². The van der Waals surface area contributed by atoms with Crippen LogP contribution in [0.5, 0.6) is 0 Å². The van der Waals surface area contributed by atoms with Crippen LogP contribution in [0.4, 0.5) is 31.3 Å². The molecule has 1 fully saturated rings. The standard InChI is InChI=1S/C23H25F6NO3S/c1-21(2,3)33-20(31)19-17(6-4-8-30(19)18-7-5-9-34-18)32-13-14-10-15(22(24,25)26)12-16(11-14)23(27,28)29/h5,7,9-12,17,19H,4,6,8,13H2,1-3H3. The Hall–Kier alpha value is -2.27. The van der Waals surface area contributed by atoms with Crippen molar-refractivity contribution in [2.45, 2.75) is 70.3 Å². The van der Waals surface area contributed by atoms with Gasteiger partial charge in [-0.3, -0.25) is 0 Å². The Morgan fingerprint density at radius 1 is 1.06 bits per heavy atom. The van der Waals surface area contributed by atoms with Gasteiger partial charge in [-0.2, -0.15) is 26.3 Å². The van der Waals surface area contributed by atoms with E-state index < -0.39 is 53.8 Å². The smallest absolute Gasteiger partial charge is 0.416 e. The van der Waals surface area contributed by atoms with E-state index in [1.807, 2.05) is 22.4 Å². The van der Waals surface area contributed by atoms with E-state index in [-0.39, 0.29) is 11.6 Å². The molecule has 0 spiro atoms. The Balaban J connectivity index is 1.88. The van der Waals surface area contributed by atoms with Crippen LogP contribution in [0.3, 0.4) is 0 Å². The Labute approximate surface area is 197 Å². The molecule has 11 heteroatoms. The molecule has 2 atom stereocenters. The number of piperidine rings is 1. The number of carbonyl (C=O) groups is 1. The normalized spacial score (nSPS) is 19.9. The number of hydrogen-bond donors (Lipinski definition) is 0. The van der Waals surface area contributed by atoms with Gasteiger partial charge in [0.05, 0.1) is 28.8 Å². The minimum atomic E-state index is -4.95. The molecule has 1 aromatic carbocycles. The first-order chi connectivity index (χ1) is 15.6. The second kappa shape index (κ2) is 9.77. The molecule has 2 unspecified atom stereocenters. The molecule has 34 heavy (non-hydrogen) atoms. The lowest BCUT2D eigenvalue weighted by Crippen LogP contribution is -2.55. The van der Waals surface area contributed by atoms with Crippen molar-refractivity contribution in [2.75, 3.05) is 11.4 Å². The number of esters is 1. The van der Waals surface area contributed by atoms with Gasteiger partial charge in [0.1, 0.15) is 5.60 Å². The number of anilines is 1. The maximum atomic E-state index is 13.2. The minimum absolute atomic E-state index is 0.0755. The highest BCUT2D eigenvalue weighted by atomic mass is 32.1. The van der Waals surface area contributed by atoms with Gasteiger partial charge in [0.2, 0.25) is 0 Å². The molecule has 1 aromatic heterocycles. The third-order valence-corrected chi connectivity index (χ3v) is 6.03. The number of benzene rings is 1. The molecule has 0 aliphatic carbocycles. The van der Waals surface area contributed by atoms with Crippen molar-refractivity contribution in [2.24, 2.45) is 0 Å². The predicted molar refractivity (Wildman–Crippen MR) is 116 cm³/mol. The highest BCUT2D eigenvalue weighted by Crippen LogP contribution is 2.37. The SMILES string of the molecule is CC(C)(C)OC(=O)C1C(OCc2cc(C(F)(F)F)cc(C(F)(F)F)c2)CCCN1c1cccs1. The van der Waals surface area contributed by atoms with E-state index in [4.69, 9.17) is 9.47 Å². The van der Waals surface area contributed by atoms with Crippen molar-refractivity contribution in [3.63, 3.8) is 0 Å². The van der Waals surface area contributed by atoms with Crippen molar-refractivity contribution < 1.29 is 40.6 Å². The topological polar surface area (TPSA) is 38.8 Å². The van der Waals surface area contributed by atoms with Gasteiger partial charge < -0.3 is 14.4 Å². The summed E-state index contributed by atoms with van der Waals surface area (Å²) in [4.78, 5) is 14.9. The van der Waals surface area contributed by atoms with E-state index in [1.54, 1.807) is 20.8 Å². The fourth-order valence-electron chi connectivity index (χ4n) is 3.76. The van der Waals surface area contributed by atoms with Crippen molar-refractivity contribution in [1.82, 2.24) is 0 Å². The molecule has 4 nitrogen and oxygen atoms in total. The minimum Gasteiger partial charge on any atom is -0.458 e. The van der Waals surface area contributed by atoms with Gasteiger partial charge in [-0.05, 0) is 74.9 Å². The summed E-state index contributed by atoms with van der Waals surface area (Å²) >= 11 is 1.41. The molecule has 188 valence electrons. The van der Waals surface area contributed by atoms with E-state index in [1.165, 1.54) is 11.3 Å². The fraction of sp³-hybridized carbons (Fsp3) is 0.522. The highest BCUT2D eigenvalue weighted by molar-refractivity contribution is 7.14. The molecule has 1 aliphatic rings. The summed E-state index contributed by atoms with van der Waals surface area (Å²) in [6.07, 6.45) is -9.66. The zero-order valence-corrected chi connectivity index (χ0v) is 19.6. The molecular weight excluding hydrogens is 484 g/mol. The van der Waals surface area contributed by atoms with Crippen LogP contribution in [0.25, 0.3) is 0 Å². The molecule has 1 aliphatic heterocycles. The summed E-state index contributed by atoms with van der Waals surface area (Å²) in [5.74, 6) is -0.564. The van der Waals surface area contributed by atoms with Crippen molar-refractivity contribution >= 4 is 22.3 Å². The monoisotopic (exact) mass is 509 g/mol. The highest BCUT2D eigenvalue weighted by Gasteiger charge is 2.41. The number of carbonyl (C=O) groups excluding carboxylic acids is 1. The lowest BCUT2D eigenvalue weighted by molar-refractivity contribution is -0.161. The largest absolute Gasteiger partial charge is 0.458 e. The first-order valence-corrected chi connectivity index (χ1v) is 11.5. The number of nitrogens with zero attached hydrogens (tertiary/aromatic N) is 1. The molecule has 3 rings (SSSR count). The van der Waals surface area contributed by atoms with E-state index in [9.17, 15) is 31.1 Å². The summed E-state index contributed by atoms with van der Waals surface area (Å²) in [7, 11) is 0. The molecule has 1 saturated heterocycles. The fourth-order valence-corrected chi connectivity index (χ4v) is 4.56. The first-order valence-electron chi connectivity index (χ1n) is 10.6. The molecule has 0 N–H and O–H groups in total. The maximum Gasteiger partial charge on any atom is 0.416 e. The number of hydrogen-bond acceptors (Lipinski definition) is 5. The molecule has 2 heterocycles. The second-order valence-corrected chi connectivity index (χ2v) is 9.95. The van der Waals surface area contributed by atoms with Crippen LogP contribution >= 0.6 is 11.3 Å². The van der Waals surface area contributed by atoms with E-state index in [0.29, 0.717) is 31.5 Å². The van der Waals surface area contributed by atoms with Crippen LogP contribution in [0.2, 0.25) is 0 Å². The predicted octanol–water partition coefficient (Wildman–Crippen LogP) is 6.68. The van der Waals surface area contributed by atoms with Crippen LogP contribution < -0.4 is 4.90 Å². The molecular formula is C23H25F6NO3S. The number of thiophene rings is 1. The zero-order chi connectivity index (χ0) is 25.3.